The van der Waals surface area contributed by atoms with E-state index in [0.717, 1.165) is 0 Å². The zero-order chi connectivity index (χ0) is 8.04. The number of hydrogen-bond acceptors (Lipinski definition) is 2. The molecule has 0 rings (SSSR count). The number of rotatable bonds is 3. The second-order valence-electron chi connectivity index (χ2n) is 3.40. The maximum absolute atomic E-state index is 2.25. The predicted molar refractivity (Wildman–Crippen MR) is 56.9 cm³/mol. The zero-order valence-electron chi connectivity index (χ0n) is 7.18. The first-order valence-electron chi connectivity index (χ1n) is 3.41. The van der Waals surface area contributed by atoms with Crippen LogP contribution in [0.1, 0.15) is 27.2 Å². The van der Waals surface area contributed by atoms with Crippen molar-refractivity contribution in [2.45, 2.75) is 27.2 Å². The van der Waals surface area contributed by atoms with Gasteiger partial charge in [-0.2, -0.15) is 10.6 Å². The van der Waals surface area contributed by atoms with Gasteiger partial charge in [0.1, 0.15) is 0 Å². The van der Waals surface area contributed by atoms with Crippen molar-refractivity contribution < 1.29 is 0 Å². The fraction of sp³-hybridized carbons (Fsp3) is 0.714. The molecule has 0 fully saturated rings. The van der Waals surface area contributed by atoms with Crippen molar-refractivity contribution in [2.75, 3.05) is 0 Å². The van der Waals surface area contributed by atoms with Crippen LogP contribution in [0.25, 0.3) is 0 Å². The van der Waals surface area contributed by atoms with Crippen molar-refractivity contribution >= 4 is 28.6 Å². The minimum absolute atomic E-state index is 0.440. The van der Waals surface area contributed by atoms with Gasteiger partial charge < -0.3 is 0 Å². The third-order valence-corrected chi connectivity index (χ3v) is 2.38. The van der Waals surface area contributed by atoms with Crippen molar-refractivity contribution in [3.63, 3.8) is 0 Å². The smallest absolute Gasteiger partial charge is 0.151 e. The molecule has 0 unspecified atom stereocenters. The highest BCUT2D eigenvalue weighted by atomic mass is 33.1. The average Bonchev–Trinajstić information content (AvgIpc) is 1.78. The first kappa shape index (κ1) is 10.5. The molecule has 0 aliphatic carbocycles. The summed E-state index contributed by atoms with van der Waals surface area (Å²) in [6.45, 7) is 6.75. The molecule has 0 aromatic rings. The minimum atomic E-state index is 0.440. The summed E-state index contributed by atoms with van der Waals surface area (Å²) in [5.41, 5.74) is 0.440. The van der Waals surface area contributed by atoms with Gasteiger partial charge in [-0.25, -0.2) is 0 Å². The standard InChI is InChI=1S/C7H15BS2/c1-7(2,3)5-4-6-9-10-8/h4,6H,5,8H2,1-3H3/b6-4+. The van der Waals surface area contributed by atoms with Gasteiger partial charge in [-0.1, -0.05) is 37.6 Å². The van der Waals surface area contributed by atoms with Crippen LogP contribution in [0.3, 0.4) is 0 Å². The molecule has 0 aliphatic heterocycles. The van der Waals surface area contributed by atoms with Crippen molar-refractivity contribution in [1.82, 2.24) is 0 Å². The Morgan fingerprint density at radius 2 is 2.00 bits per heavy atom. The highest BCUT2D eigenvalue weighted by Crippen LogP contribution is 2.22. The summed E-state index contributed by atoms with van der Waals surface area (Å²) in [5, 5.41) is 2.16. The molecule has 0 heterocycles. The molecule has 0 aromatic carbocycles. The lowest BCUT2D eigenvalue weighted by atomic mass is 9.93. The van der Waals surface area contributed by atoms with Gasteiger partial charge in [-0.3, -0.25) is 0 Å². The van der Waals surface area contributed by atoms with Crippen LogP contribution in [0.15, 0.2) is 11.5 Å². The molecule has 0 N–H and O–H groups in total. The van der Waals surface area contributed by atoms with E-state index >= 15 is 0 Å². The van der Waals surface area contributed by atoms with E-state index in [1.165, 1.54) is 6.42 Å². The summed E-state index contributed by atoms with van der Waals surface area (Å²) < 4.78 is 0. The molecule has 0 nitrogen and oxygen atoms in total. The summed E-state index contributed by atoms with van der Waals surface area (Å²) in [6.07, 6.45) is 3.40. The quantitative estimate of drug-likeness (QED) is 0.476. The molecule has 0 saturated heterocycles. The van der Waals surface area contributed by atoms with Gasteiger partial charge in [-0.15, -0.1) is 0 Å². The fourth-order valence-corrected chi connectivity index (χ4v) is 1.35. The third kappa shape index (κ3) is 8.50. The molecule has 0 amide bonds. The average molecular weight is 174 g/mol. The van der Waals surface area contributed by atoms with Crippen LogP contribution in [0.4, 0.5) is 0 Å². The molecule has 0 bridgehead atoms. The van der Waals surface area contributed by atoms with Gasteiger partial charge >= 0.3 is 0 Å². The molecule has 0 saturated carbocycles. The van der Waals surface area contributed by atoms with Crippen LogP contribution in [-0.4, -0.2) is 7.12 Å². The Kier molecular flexibility index (Phi) is 5.46. The second-order valence-corrected chi connectivity index (χ2v) is 5.77. The molecule has 58 valence electrons. The van der Waals surface area contributed by atoms with E-state index in [4.69, 9.17) is 0 Å². The number of hydrogen-bond donors (Lipinski definition) is 0. The lowest BCUT2D eigenvalue weighted by molar-refractivity contribution is 0.421. The van der Waals surface area contributed by atoms with Crippen LogP contribution in [-0.2, 0) is 0 Å². The number of allylic oxidation sites excluding steroid dienone is 1. The van der Waals surface area contributed by atoms with E-state index in [0.29, 0.717) is 5.41 Å². The van der Waals surface area contributed by atoms with Crippen molar-refractivity contribution in [2.24, 2.45) is 5.41 Å². The van der Waals surface area contributed by atoms with Gasteiger partial charge in [-0.05, 0) is 17.2 Å². The van der Waals surface area contributed by atoms with Gasteiger partial charge in [0.25, 0.3) is 0 Å². The van der Waals surface area contributed by atoms with Crippen LogP contribution in [0.5, 0.6) is 0 Å². The minimum Gasteiger partial charge on any atom is -0.151 e. The molecular formula is C7H15BS2. The Morgan fingerprint density at radius 3 is 2.40 bits per heavy atom. The first-order valence-corrected chi connectivity index (χ1v) is 6.03. The summed E-state index contributed by atoms with van der Waals surface area (Å²) in [5.74, 6) is 0. The highest BCUT2D eigenvalue weighted by Gasteiger charge is 2.05. The zero-order valence-corrected chi connectivity index (χ0v) is 8.81. The summed E-state index contributed by atoms with van der Waals surface area (Å²) >= 11 is 0. The van der Waals surface area contributed by atoms with Gasteiger partial charge in [0.05, 0.1) is 0 Å². The molecule has 10 heavy (non-hydrogen) atoms. The Labute approximate surface area is 72.9 Å². The molecule has 0 aliphatic rings. The fourth-order valence-electron chi connectivity index (χ4n) is 0.497. The summed E-state index contributed by atoms with van der Waals surface area (Å²) in [4.78, 5) is 0. The van der Waals surface area contributed by atoms with E-state index < -0.39 is 0 Å². The predicted octanol–water partition coefficient (Wildman–Crippen LogP) is 2.87. The molecule has 0 spiro atoms. The van der Waals surface area contributed by atoms with Gasteiger partial charge in [0.15, 0.2) is 7.12 Å². The maximum atomic E-state index is 2.25. The van der Waals surface area contributed by atoms with Crippen LogP contribution >= 0.6 is 21.4 Å². The van der Waals surface area contributed by atoms with E-state index in [9.17, 15) is 0 Å². The van der Waals surface area contributed by atoms with Gasteiger partial charge in [0, 0.05) is 0 Å². The van der Waals surface area contributed by atoms with E-state index in [1.807, 2.05) is 0 Å². The van der Waals surface area contributed by atoms with Crippen LogP contribution in [0.2, 0.25) is 0 Å². The monoisotopic (exact) mass is 174 g/mol. The molecule has 0 radical (unpaired) electrons. The maximum Gasteiger partial charge on any atom is 0.188 e. The largest absolute Gasteiger partial charge is 0.188 e. The van der Waals surface area contributed by atoms with Crippen LogP contribution in [0, 0.1) is 5.41 Å². The Bertz CT molecular complexity index is 105. The topological polar surface area (TPSA) is 0 Å². The Balaban J connectivity index is 3.34. The van der Waals surface area contributed by atoms with Gasteiger partial charge in [0.2, 0.25) is 0 Å². The molecule has 3 heteroatoms. The summed E-state index contributed by atoms with van der Waals surface area (Å²) in [6, 6.07) is 0. The normalized spacial score (nSPS) is 12.7. The highest BCUT2D eigenvalue weighted by molar-refractivity contribution is 8.85. The van der Waals surface area contributed by atoms with E-state index in [-0.39, 0.29) is 0 Å². The van der Waals surface area contributed by atoms with E-state index in [2.05, 4.69) is 39.4 Å². The lowest BCUT2D eigenvalue weighted by Crippen LogP contribution is -2.01. The van der Waals surface area contributed by atoms with Crippen molar-refractivity contribution in [1.29, 1.82) is 0 Å². The van der Waals surface area contributed by atoms with Crippen molar-refractivity contribution in [3.05, 3.63) is 11.5 Å². The third-order valence-electron chi connectivity index (χ3n) is 0.978. The first-order chi connectivity index (χ1) is 4.56. The molecular weight excluding hydrogens is 159 g/mol. The summed E-state index contributed by atoms with van der Waals surface area (Å²) in [7, 11) is 5.66. The molecule has 0 atom stereocenters. The SMILES string of the molecule is BSS/C=C/CC(C)(C)C. The van der Waals surface area contributed by atoms with Crippen molar-refractivity contribution in [3.8, 4) is 0 Å². The Morgan fingerprint density at radius 1 is 1.40 bits per heavy atom. The second kappa shape index (κ2) is 5.19. The van der Waals surface area contributed by atoms with E-state index in [1.54, 1.807) is 21.4 Å². The Hall–Kier alpha value is 0.505. The van der Waals surface area contributed by atoms with Crippen LogP contribution < -0.4 is 0 Å². The lowest BCUT2D eigenvalue weighted by Gasteiger charge is -2.14. The molecule has 0 aromatic heterocycles.